The molecule has 1 amide bonds. The molecule has 0 spiro atoms. The summed E-state index contributed by atoms with van der Waals surface area (Å²) in [7, 11) is 1.67. The van der Waals surface area contributed by atoms with Gasteiger partial charge in [0, 0.05) is 58.5 Å². The molecular formula is C30H37ClN2O5S. The fourth-order valence-corrected chi connectivity index (χ4v) is 7.31. The maximum absolute atomic E-state index is 13.4. The first-order valence-electron chi connectivity index (χ1n) is 13.6. The number of hydrogen-bond acceptors (Lipinski definition) is 7. The molecule has 1 aliphatic carbocycles. The largest absolute Gasteiger partial charge is 0.391 e. The van der Waals surface area contributed by atoms with E-state index >= 15 is 0 Å². The van der Waals surface area contributed by atoms with Gasteiger partial charge in [0.25, 0.3) is 0 Å². The SMILES string of the molecule is COCCCC[C@](O)(c1cccc(Cl)c1-c1csc2ccccc12)[C@H]1CN(C(=O)[C@H]2C[C@@H](N)[C@@H](O)C2)CCO1. The van der Waals surface area contributed by atoms with Crippen LogP contribution in [0.5, 0.6) is 0 Å². The fraction of sp³-hybridized carbons (Fsp3) is 0.500. The lowest BCUT2D eigenvalue weighted by Gasteiger charge is -2.44. The number of amides is 1. The molecule has 1 saturated heterocycles. The third kappa shape index (κ3) is 5.75. The zero-order valence-corrected chi connectivity index (χ0v) is 23.8. The number of thiophene rings is 1. The van der Waals surface area contributed by atoms with Crippen LogP contribution in [0, 0.1) is 5.92 Å². The van der Waals surface area contributed by atoms with Gasteiger partial charge in [-0.2, -0.15) is 0 Å². The fourth-order valence-electron chi connectivity index (χ4n) is 6.09. The Balaban J connectivity index is 1.51. The number of nitrogens with zero attached hydrogens (tertiary/aromatic N) is 1. The molecule has 5 atom stereocenters. The number of aliphatic hydroxyl groups is 2. The highest BCUT2D eigenvalue weighted by Crippen LogP contribution is 2.46. The Morgan fingerprint density at radius 1 is 1.23 bits per heavy atom. The Hall–Kier alpha value is -2.04. The topological polar surface area (TPSA) is 105 Å². The summed E-state index contributed by atoms with van der Waals surface area (Å²) >= 11 is 8.52. The number of rotatable bonds is 9. The molecule has 1 aliphatic heterocycles. The van der Waals surface area contributed by atoms with Crippen molar-refractivity contribution in [3.63, 3.8) is 0 Å². The second-order valence-corrected chi connectivity index (χ2v) is 12.0. The Labute approximate surface area is 238 Å². The van der Waals surface area contributed by atoms with Gasteiger partial charge in [0.2, 0.25) is 5.91 Å². The number of nitrogens with two attached hydrogens (primary N) is 1. The van der Waals surface area contributed by atoms with Crippen LogP contribution in [0.2, 0.25) is 5.02 Å². The minimum absolute atomic E-state index is 0.0350. The summed E-state index contributed by atoms with van der Waals surface area (Å²) in [5.74, 6) is -0.352. The second-order valence-electron chi connectivity index (χ2n) is 10.7. The van der Waals surface area contributed by atoms with E-state index in [4.69, 9.17) is 26.8 Å². The summed E-state index contributed by atoms with van der Waals surface area (Å²) in [4.78, 5) is 15.2. The molecular weight excluding hydrogens is 536 g/mol. The van der Waals surface area contributed by atoms with Crippen LogP contribution in [0.25, 0.3) is 21.2 Å². The smallest absolute Gasteiger partial charge is 0.226 e. The van der Waals surface area contributed by atoms with E-state index in [0.717, 1.165) is 27.6 Å². The third-order valence-electron chi connectivity index (χ3n) is 8.22. The van der Waals surface area contributed by atoms with Crippen molar-refractivity contribution in [3.8, 4) is 11.1 Å². The lowest BCUT2D eigenvalue weighted by Crippen LogP contribution is -2.55. The first-order valence-corrected chi connectivity index (χ1v) is 14.9. The van der Waals surface area contributed by atoms with Gasteiger partial charge < -0.3 is 30.3 Å². The minimum Gasteiger partial charge on any atom is -0.391 e. The van der Waals surface area contributed by atoms with E-state index in [1.807, 2.05) is 30.3 Å². The first-order chi connectivity index (χ1) is 18.8. The van der Waals surface area contributed by atoms with Gasteiger partial charge in [-0.25, -0.2) is 0 Å². The molecule has 1 saturated carbocycles. The van der Waals surface area contributed by atoms with Crippen LogP contribution in [0.4, 0.5) is 0 Å². The molecule has 0 bridgehead atoms. The Kier molecular flexibility index (Phi) is 8.93. The molecule has 0 unspecified atom stereocenters. The van der Waals surface area contributed by atoms with Crippen molar-refractivity contribution in [2.45, 2.75) is 56.0 Å². The van der Waals surface area contributed by atoms with E-state index in [1.54, 1.807) is 23.3 Å². The molecule has 210 valence electrons. The highest BCUT2D eigenvalue weighted by molar-refractivity contribution is 7.17. The van der Waals surface area contributed by atoms with Crippen LogP contribution >= 0.6 is 22.9 Å². The molecule has 3 aromatic rings. The summed E-state index contributed by atoms with van der Waals surface area (Å²) in [5.41, 5.74) is 7.07. The molecule has 1 aromatic heterocycles. The van der Waals surface area contributed by atoms with Crippen molar-refractivity contribution in [2.75, 3.05) is 33.4 Å². The molecule has 2 aromatic carbocycles. The van der Waals surface area contributed by atoms with Crippen LogP contribution in [-0.4, -0.2) is 72.7 Å². The maximum Gasteiger partial charge on any atom is 0.226 e. The van der Waals surface area contributed by atoms with Gasteiger partial charge in [0.15, 0.2) is 0 Å². The van der Waals surface area contributed by atoms with Gasteiger partial charge in [-0.3, -0.25) is 4.79 Å². The van der Waals surface area contributed by atoms with Crippen molar-refractivity contribution in [1.82, 2.24) is 4.90 Å². The normalized spacial score (nSPS) is 25.2. The number of fused-ring (bicyclic) bond motifs is 1. The Morgan fingerprint density at radius 2 is 2.05 bits per heavy atom. The Morgan fingerprint density at radius 3 is 2.82 bits per heavy atom. The van der Waals surface area contributed by atoms with E-state index < -0.39 is 17.8 Å². The zero-order valence-electron chi connectivity index (χ0n) is 22.2. The van der Waals surface area contributed by atoms with Gasteiger partial charge >= 0.3 is 0 Å². The number of aliphatic hydroxyl groups excluding tert-OH is 1. The summed E-state index contributed by atoms with van der Waals surface area (Å²) in [6.07, 6.45) is 1.43. The molecule has 4 N–H and O–H groups in total. The van der Waals surface area contributed by atoms with Crippen molar-refractivity contribution >= 4 is 38.9 Å². The molecule has 39 heavy (non-hydrogen) atoms. The van der Waals surface area contributed by atoms with Crippen LogP contribution in [0.1, 0.15) is 37.7 Å². The third-order valence-corrected chi connectivity index (χ3v) is 9.50. The number of benzene rings is 2. The van der Waals surface area contributed by atoms with E-state index in [-0.39, 0.29) is 24.4 Å². The molecule has 9 heteroatoms. The lowest BCUT2D eigenvalue weighted by atomic mass is 9.79. The zero-order chi connectivity index (χ0) is 27.6. The molecule has 2 fully saturated rings. The highest BCUT2D eigenvalue weighted by Gasteiger charge is 2.46. The van der Waals surface area contributed by atoms with Crippen molar-refractivity contribution in [1.29, 1.82) is 0 Å². The summed E-state index contributed by atoms with van der Waals surface area (Å²) in [5, 5.41) is 26.5. The van der Waals surface area contributed by atoms with E-state index in [2.05, 4.69) is 17.5 Å². The molecule has 7 nitrogen and oxygen atoms in total. The quantitative estimate of drug-likeness (QED) is 0.325. The predicted octanol–water partition coefficient (Wildman–Crippen LogP) is 4.55. The van der Waals surface area contributed by atoms with Gasteiger partial charge in [-0.15, -0.1) is 11.3 Å². The van der Waals surface area contributed by atoms with Gasteiger partial charge in [0.05, 0.1) is 19.3 Å². The lowest BCUT2D eigenvalue weighted by molar-refractivity contribution is -0.167. The van der Waals surface area contributed by atoms with E-state index in [1.165, 1.54) is 0 Å². The number of halogens is 1. The van der Waals surface area contributed by atoms with Gasteiger partial charge in [0.1, 0.15) is 11.7 Å². The van der Waals surface area contributed by atoms with Crippen LogP contribution in [0.15, 0.2) is 47.8 Å². The molecule has 0 radical (unpaired) electrons. The number of unbranched alkanes of at least 4 members (excludes halogenated alkanes) is 1. The maximum atomic E-state index is 13.4. The van der Waals surface area contributed by atoms with Crippen LogP contribution in [-0.2, 0) is 19.9 Å². The minimum atomic E-state index is -1.40. The number of morpholine rings is 1. The average molecular weight is 573 g/mol. The average Bonchev–Trinajstić information content (AvgIpc) is 3.53. The standard InChI is InChI=1S/C30H37ClN2O5S/c1-37-13-5-4-11-30(36,27-17-33(12-14-38-27)29(35)19-15-24(32)25(34)16-19)22-8-6-9-23(31)28(22)21-18-39-26-10-3-2-7-20(21)26/h2-3,6-10,18-19,24-25,27,34,36H,4-5,11-17,32H2,1H3/t19-,24+,25-,27+,30-/m0/s1. The van der Waals surface area contributed by atoms with E-state index in [9.17, 15) is 15.0 Å². The van der Waals surface area contributed by atoms with Gasteiger partial charge in [-0.05, 0) is 55.2 Å². The predicted molar refractivity (Wildman–Crippen MR) is 155 cm³/mol. The summed E-state index contributed by atoms with van der Waals surface area (Å²) in [6.45, 7) is 1.59. The number of hydrogen-bond donors (Lipinski definition) is 3. The van der Waals surface area contributed by atoms with E-state index in [0.29, 0.717) is 56.0 Å². The Bertz CT molecular complexity index is 1290. The second kappa shape index (κ2) is 12.2. The monoisotopic (exact) mass is 572 g/mol. The van der Waals surface area contributed by atoms with Crippen molar-refractivity contribution in [3.05, 3.63) is 58.4 Å². The first kappa shape index (κ1) is 28.5. The number of ether oxygens (including phenoxy) is 2. The van der Waals surface area contributed by atoms with Gasteiger partial charge in [-0.1, -0.05) is 41.9 Å². The number of carbonyl (C=O) groups excluding carboxylic acids is 1. The van der Waals surface area contributed by atoms with Crippen LogP contribution < -0.4 is 5.73 Å². The van der Waals surface area contributed by atoms with Crippen molar-refractivity contribution in [2.24, 2.45) is 11.7 Å². The van der Waals surface area contributed by atoms with Crippen molar-refractivity contribution < 1.29 is 24.5 Å². The number of methoxy groups -OCH3 is 1. The highest BCUT2D eigenvalue weighted by atomic mass is 35.5. The molecule has 2 aliphatic rings. The summed E-state index contributed by atoms with van der Waals surface area (Å²) < 4.78 is 12.7. The van der Waals surface area contributed by atoms with Crippen LogP contribution in [0.3, 0.4) is 0 Å². The molecule has 2 heterocycles. The number of carbonyl (C=O) groups is 1. The molecule has 5 rings (SSSR count). The summed E-state index contributed by atoms with van der Waals surface area (Å²) in [6, 6.07) is 13.4.